The van der Waals surface area contributed by atoms with Crippen LogP contribution in [0.5, 0.6) is 0 Å². The number of fused-ring (bicyclic) bond motifs is 2. The number of hydrogen-bond acceptors (Lipinski definition) is 3. The molecule has 19 heavy (non-hydrogen) atoms. The van der Waals surface area contributed by atoms with Crippen molar-refractivity contribution in [2.24, 2.45) is 5.41 Å². The van der Waals surface area contributed by atoms with E-state index in [0.29, 0.717) is 17.6 Å². The fourth-order valence-corrected chi connectivity index (χ4v) is 3.76. The Labute approximate surface area is 119 Å². The Morgan fingerprint density at radius 1 is 1.16 bits per heavy atom. The average molecular weight is 268 g/mol. The van der Waals surface area contributed by atoms with E-state index < -0.39 is 0 Å². The van der Waals surface area contributed by atoms with Crippen LogP contribution in [0.3, 0.4) is 0 Å². The van der Waals surface area contributed by atoms with Crippen LogP contribution in [0.2, 0.25) is 0 Å². The zero-order chi connectivity index (χ0) is 13.7. The SMILES string of the molecule is CCCNCC(C)(CCC)CN1CC2CCC(C1)O2. The van der Waals surface area contributed by atoms with Crippen molar-refractivity contribution >= 4 is 0 Å². The van der Waals surface area contributed by atoms with Crippen LogP contribution in [0.15, 0.2) is 0 Å². The van der Waals surface area contributed by atoms with Crippen LogP contribution in [0, 0.1) is 5.41 Å². The van der Waals surface area contributed by atoms with Crippen molar-refractivity contribution in [3.8, 4) is 0 Å². The lowest BCUT2D eigenvalue weighted by Gasteiger charge is -2.39. The summed E-state index contributed by atoms with van der Waals surface area (Å²) < 4.78 is 5.94. The maximum Gasteiger partial charge on any atom is 0.0707 e. The van der Waals surface area contributed by atoms with Gasteiger partial charge in [-0.25, -0.2) is 0 Å². The average Bonchev–Trinajstić information content (AvgIpc) is 2.69. The van der Waals surface area contributed by atoms with Crippen molar-refractivity contribution in [2.75, 3.05) is 32.7 Å². The highest BCUT2D eigenvalue weighted by Gasteiger charge is 2.36. The van der Waals surface area contributed by atoms with Gasteiger partial charge in [-0.05, 0) is 37.6 Å². The summed E-state index contributed by atoms with van der Waals surface area (Å²) in [5.74, 6) is 0. The molecule has 0 aromatic heterocycles. The van der Waals surface area contributed by atoms with Crippen LogP contribution in [0.4, 0.5) is 0 Å². The number of hydrogen-bond donors (Lipinski definition) is 1. The predicted octanol–water partition coefficient (Wildman–Crippen LogP) is 2.66. The third kappa shape index (κ3) is 4.44. The number of nitrogens with one attached hydrogen (secondary N) is 1. The van der Waals surface area contributed by atoms with E-state index in [1.165, 1.54) is 38.6 Å². The monoisotopic (exact) mass is 268 g/mol. The summed E-state index contributed by atoms with van der Waals surface area (Å²) in [6, 6.07) is 0. The van der Waals surface area contributed by atoms with E-state index in [4.69, 9.17) is 4.74 Å². The maximum atomic E-state index is 5.94. The fraction of sp³-hybridized carbons (Fsp3) is 1.00. The van der Waals surface area contributed by atoms with Crippen molar-refractivity contribution < 1.29 is 4.74 Å². The molecule has 2 bridgehead atoms. The normalized spacial score (nSPS) is 30.5. The van der Waals surface area contributed by atoms with E-state index in [1.807, 2.05) is 0 Å². The molecule has 2 heterocycles. The van der Waals surface area contributed by atoms with Gasteiger partial charge in [-0.15, -0.1) is 0 Å². The molecule has 3 unspecified atom stereocenters. The van der Waals surface area contributed by atoms with Crippen molar-refractivity contribution in [2.45, 2.75) is 65.1 Å². The first-order valence-electron chi connectivity index (χ1n) is 8.24. The first-order chi connectivity index (χ1) is 9.15. The maximum absolute atomic E-state index is 5.94. The van der Waals surface area contributed by atoms with E-state index in [2.05, 4.69) is 31.0 Å². The van der Waals surface area contributed by atoms with Crippen LogP contribution in [0.25, 0.3) is 0 Å². The predicted molar refractivity (Wildman–Crippen MR) is 80.5 cm³/mol. The smallest absolute Gasteiger partial charge is 0.0707 e. The standard InChI is InChI=1S/C16H32N2O/c1-4-8-16(3,12-17-9-5-2)13-18-10-14-6-7-15(11-18)19-14/h14-15,17H,4-13H2,1-3H3. The Morgan fingerprint density at radius 3 is 2.42 bits per heavy atom. The molecule has 3 atom stereocenters. The lowest BCUT2D eigenvalue weighted by molar-refractivity contribution is -0.0498. The molecule has 0 aliphatic carbocycles. The number of nitrogens with zero attached hydrogens (tertiary/aromatic N) is 1. The van der Waals surface area contributed by atoms with Gasteiger partial charge in [0.05, 0.1) is 12.2 Å². The largest absolute Gasteiger partial charge is 0.372 e. The number of likely N-dealkylation sites (tertiary alicyclic amines) is 1. The number of ether oxygens (including phenoxy) is 1. The lowest BCUT2D eigenvalue weighted by Crippen LogP contribution is -2.49. The molecule has 112 valence electrons. The first-order valence-corrected chi connectivity index (χ1v) is 8.24. The molecular formula is C16H32N2O. The topological polar surface area (TPSA) is 24.5 Å². The Hall–Kier alpha value is -0.120. The first kappa shape index (κ1) is 15.3. The molecule has 2 aliphatic rings. The highest BCUT2D eigenvalue weighted by atomic mass is 16.5. The molecule has 1 N–H and O–H groups in total. The van der Waals surface area contributed by atoms with Gasteiger partial charge < -0.3 is 10.1 Å². The minimum absolute atomic E-state index is 0.417. The Kier molecular flexibility index (Phi) is 5.67. The van der Waals surface area contributed by atoms with Crippen LogP contribution in [-0.2, 0) is 4.74 Å². The fourth-order valence-electron chi connectivity index (χ4n) is 3.76. The van der Waals surface area contributed by atoms with Crippen LogP contribution in [0.1, 0.15) is 52.9 Å². The van der Waals surface area contributed by atoms with Crippen molar-refractivity contribution in [1.29, 1.82) is 0 Å². The quantitative estimate of drug-likeness (QED) is 0.685. The molecular weight excluding hydrogens is 236 g/mol. The summed E-state index contributed by atoms with van der Waals surface area (Å²) in [6.45, 7) is 12.8. The van der Waals surface area contributed by atoms with Crippen LogP contribution < -0.4 is 5.32 Å². The summed E-state index contributed by atoms with van der Waals surface area (Å²) in [7, 11) is 0. The van der Waals surface area contributed by atoms with Gasteiger partial charge in [0, 0.05) is 26.2 Å². The highest BCUT2D eigenvalue weighted by molar-refractivity contribution is 4.89. The van der Waals surface area contributed by atoms with Gasteiger partial charge in [0.15, 0.2) is 0 Å². The number of rotatable bonds is 8. The second kappa shape index (κ2) is 7.05. The summed E-state index contributed by atoms with van der Waals surface area (Å²) in [4.78, 5) is 2.66. The highest BCUT2D eigenvalue weighted by Crippen LogP contribution is 2.30. The number of morpholine rings is 1. The van der Waals surface area contributed by atoms with Crippen LogP contribution >= 0.6 is 0 Å². The zero-order valence-electron chi connectivity index (χ0n) is 13.1. The molecule has 0 saturated carbocycles. The molecule has 2 aliphatic heterocycles. The molecule has 0 aromatic carbocycles. The Balaban J connectivity index is 1.84. The third-order valence-electron chi connectivity index (χ3n) is 4.56. The van der Waals surface area contributed by atoms with Gasteiger partial charge in [-0.3, -0.25) is 4.90 Å². The van der Waals surface area contributed by atoms with Gasteiger partial charge in [-0.2, -0.15) is 0 Å². The second-order valence-electron chi connectivity index (χ2n) is 6.89. The molecule has 3 heteroatoms. The van der Waals surface area contributed by atoms with E-state index in [0.717, 1.165) is 26.2 Å². The molecule has 2 saturated heterocycles. The van der Waals surface area contributed by atoms with Gasteiger partial charge in [0.25, 0.3) is 0 Å². The van der Waals surface area contributed by atoms with Gasteiger partial charge in [0.2, 0.25) is 0 Å². The molecule has 0 radical (unpaired) electrons. The van der Waals surface area contributed by atoms with E-state index >= 15 is 0 Å². The zero-order valence-corrected chi connectivity index (χ0v) is 13.1. The molecule has 3 nitrogen and oxygen atoms in total. The Bertz CT molecular complexity index is 259. The van der Waals surface area contributed by atoms with Crippen molar-refractivity contribution in [3.05, 3.63) is 0 Å². The van der Waals surface area contributed by atoms with Crippen molar-refractivity contribution in [1.82, 2.24) is 10.2 Å². The summed E-state index contributed by atoms with van der Waals surface area (Å²) in [5, 5.41) is 3.63. The van der Waals surface area contributed by atoms with Crippen LogP contribution in [-0.4, -0.2) is 49.8 Å². The van der Waals surface area contributed by atoms with E-state index in [9.17, 15) is 0 Å². The molecule has 0 aromatic rings. The minimum atomic E-state index is 0.417. The van der Waals surface area contributed by atoms with Gasteiger partial charge in [-0.1, -0.05) is 27.2 Å². The summed E-state index contributed by atoms with van der Waals surface area (Å²) in [5.41, 5.74) is 0.417. The van der Waals surface area contributed by atoms with E-state index in [-0.39, 0.29) is 0 Å². The molecule has 0 amide bonds. The van der Waals surface area contributed by atoms with Gasteiger partial charge >= 0.3 is 0 Å². The third-order valence-corrected chi connectivity index (χ3v) is 4.56. The second-order valence-corrected chi connectivity index (χ2v) is 6.89. The Morgan fingerprint density at radius 2 is 1.84 bits per heavy atom. The molecule has 2 rings (SSSR count). The summed E-state index contributed by atoms with van der Waals surface area (Å²) >= 11 is 0. The molecule has 0 spiro atoms. The minimum Gasteiger partial charge on any atom is -0.372 e. The van der Waals surface area contributed by atoms with E-state index in [1.54, 1.807) is 0 Å². The lowest BCUT2D eigenvalue weighted by atomic mass is 9.84. The van der Waals surface area contributed by atoms with Gasteiger partial charge in [0.1, 0.15) is 0 Å². The van der Waals surface area contributed by atoms with Crippen molar-refractivity contribution in [3.63, 3.8) is 0 Å². The summed E-state index contributed by atoms with van der Waals surface area (Å²) in [6.07, 6.45) is 7.42. The molecule has 2 fully saturated rings.